The van der Waals surface area contributed by atoms with Crippen LogP contribution in [0.3, 0.4) is 0 Å². The maximum Gasteiger partial charge on any atom is 0.0113 e. The largest absolute Gasteiger partial charge is 0.312 e. The van der Waals surface area contributed by atoms with Crippen LogP contribution in [-0.2, 0) is 0 Å². The summed E-state index contributed by atoms with van der Waals surface area (Å²) >= 11 is 0. The number of nitrogens with zero attached hydrogens (tertiary/aromatic N) is 2. The molecular weight excluding hydrogens is 234 g/mol. The first-order chi connectivity index (χ1) is 8.92. The maximum atomic E-state index is 3.58. The van der Waals surface area contributed by atoms with Crippen molar-refractivity contribution >= 4 is 0 Å². The number of rotatable bonds is 7. The van der Waals surface area contributed by atoms with E-state index in [1.807, 2.05) is 0 Å². The van der Waals surface area contributed by atoms with Crippen molar-refractivity contribution in [2.45, 2.75) is 65.5 Å². The zero-order chi connectivity index (χ0) is 14.3. The number of piperazine rings is 1. The normalized spacial score (nSPS) is 20.7. The second-order valence-electron chi connectivity index (χ2n) is 7.05. The summed E-state index contributed by atoms with van der Waals surface area (Å²) in [4.78, 5) is 5.27. The molecule has 0 spiro atoms. The van der Waals surface area contributed by atoms with Crippen LogP contribution < -0.4 is 5.32 Å². The van der Waals surface area contributed by atoms with Crippen LogP contribution in [0.1, 0.15) is 53.9 Å². The van der Waals surface area contributed by atoms with Crippen LogP contribution in [0.2, 0.25) is 0 Å². The molecule has 1 fully saturated rings. The third kappa shape index (κ3) is 7.28. The summed E-state index contributed by atoms with van der Waals surface area (Å²) in [5.74, 6) is 0. The minimum Gasteiger partial charge on any atom is -0.312 e. The van der Waals surface area contributed by atoms with Crippen molar-refractivity contribution in [3.8, 4) is 0 Å². The van der Waals surface area contributed by atoms with Crippen LogP contribution in [0.5, 0.6) is 0 Å². The first-order valence-corrected chi connectivity index (χ1v) is 8.14. The van der Waals surface area contributed by atoms with Gasteiger partial charge in [-0.25, -0.2) is 0 Å². The fourth-order valence-corrected chi connectivity index (χ4v) is 2.79. The monoisotopic (exact) mass is 269 g/mol. The fourth-order valence-electron chi connectivity index (χ4n) is 2.79. The standard InChI is InChI=1S/C16H35N3/c1-6-10-18-11-13-19(14-12-18)15(2)8-7-9-17-16(3,4)5/h15,17H,6-14H2,1-5H3. The van der Waals surface area contributed by atoms with Crippen LogP contribution in [0.4, 0.5) is 0 Å². The number of nitrogens with one attached hydrogen (secondary N) is 1. The Morgan fingerprint density at radius 3 is 2.26 bits per heavy atom. The predicted molar refractivity (Wildman–Crippen MR) is 84.8 cm³/mol. The van der Waals surface area contributed by atoms with Crippen molar-refractivity contribution in [3.05, 3.63) is 0 Å². The van der Waals surface area contributed by atoms with E-state index in [0.717, 1.165) is 12.6 Å². The highest BCUT2D eigenvalue weighted by atomic mass is 15.3. The maximum absolute atomic E-state index is 3.58. The van der Waals surface area contributed by atoms with Gasteiger partial charge >= 0.3 is 0 Å². The van der Waals surface area contributed by atoms with E-state index in [2.05, 4.69) is 49.7 Å². The van der Waals surface area contributed by atoms with Gasteiger partial charge in [0.05, 0.1) is 0 Å². The zero-order valence-corrected chi connectivity index (χ0v) is 13.8. The first-order valence-electron chi connectivity index (χ1n) is 8.14. The lowest BCUT2D eigenvalue weighted by Gasteiger charge is -2.38. The molecule has 1 aliphatic rings. The molecule has 0 aromatic heterocycles. The Bertz CT molecular complexity index is 227. The molecule has 1 unspecified atom stereocenters. The zero-order valence-electron chi connectivity index (χ0n) is 13.8. The van der Waals surface area contributed by atoms with Crippen molar-refractivity contribution in [3.63, 3.8) is 0 Å². The van der Waals surface area contributed by atoms with Gasteiger partial charge in [0.1, 0.15) is 0 Å². The molecule has 1 saturated heterocycles. The van der Waals surface area contributed by atoms with Crippen LogP contribution >= 0.6 is 0 Å². The second kappa shape index (κ2) is 8.23. The molecular formula is C16H35N3. The number of hydrogen-bond donors (Lipinski definition) is 1. The van der Waals surface area contributed by atoms with Crippen molar-refractivity contribution < 1.29 is 0 Å². The topological polar surface area (TPSA) is 18.5 Å². The molecule has 1 heterocycles. The molecule has 0 amide bonds. The van der Waals surface area contributed by atoms with Gasteiger partial charge < -0.3 is 10.2 Å². The van der Waals surface area contributed by atoms with Crippen molar-refractivity contribution in [1.82, 2.24) is 15.1 Å². The molecule has 0 saturated carbocycles. The van der Waals surface area contributed by atoms with Gasteiger partial charge in [0.25, 0.3) is 0 Å². The van der Waals surface area contributed by atoms with Crippen molar-refractivity contribution in [1.29, 1.82) is 0 Å². The molecule has 0 aromatic carbocycles. The van der Waals surface area contributed by atoms with Gasteiger partial charge in [-0.05, 0) is 60.0 Å². The van der Waals surface area contributed by atoms with Crippen molar-refractivity contribution in [2.75, 3.05) is 39.3 Å². The van der Waals surface area contributed by atoms with E-state index in [4.69, 9.17) is 0 Å². The fraction of sp³-hybridized carbons (Fsp3) is 1.00. The number of hydrogen-bond acceptors (Lipinski definition) is 3. The molecule has 1 atom stereocenters. The molecule has 0 aliphatic carbocycles. The SMILES string of the molecule is CCCN1CCN(C(C)CCCNC(C)(C)C)CC1. The van der Waals surface area contributed by atoms with Gasteiger partial charge in [-0.3, -0.25) is 4.90 Å². The lowest BCUT2D eigenvalue weighted by molar-refractivity contribution is 0.0978. The van der Waals surface area contributed by atoms with Gasteiger partial charge in [0.2, 0.25) is 0 Å². The lowest BCUT2D eigenvalue weighted by atomic mass is 10.1. The van der Waals surface area contributed by atoms with Gasteiger partial charge in [0.15, 0.2) is 0 Å². The summed E-state index contributed by atoms with van der Waals surface area (Å²) < 4.78 is 0. The minimum absolute atomic E-state index is 0.259. The molecule has 3 heteroatoms. The second-order valence-corrected chi connectivity index (χ2v) is 7.05. The van der Waals surface area contributed by atoms with E-state index in [-0.39, 0.29) is 5.54 Å². The average Bonchev–Trinajstić information content (AvgIpc) is 2.34. The third-order valence-corrected chi connectivity index (χ3v) is 4.02. The Kier molecular flexibility index (Phi) is 7.33. The highest BCUT2D eigenvalue weighted by molar-refractivity contribution is 4.77. The molecule has 0 radical (unpaired) electrons. The molecule has 0 aromatic rings. The first kappa shape index (κ1) is 16.9. The highest BCUT2D eigenvalue weighted by Crippen LogP contribution is 2.11. The molecule has 1 rings (SSSR count). The molecule has 1 aliphatic heterocycles. The van der Waals surface area contributed by atoms with Gasteiger partial charge in [-0.2, -0.15) is 0 Å². The summed E-state index contributed by atoms with van der Waals surface area (Å²) in [5, 5.41) is 3.58. The lowest BCUT2D eigenvalue weighted by Crippen LogP contribution is -2.49. The smallest absolute Gasteiger partial charge is 0.0113 e. The van der Waals surface area contributed by atoms with Crippen LogP contribution in [0, 0.1) is 0 Å². The molecule has 114 valence electrons. The van der Waals surface area contributed by atoms with Crippen LogP contribution in [0.25, 0.3) is 0 Å². The quantitative estimate of drug-likeness (QED) is 0.717. The summed E-state index contributed by atoms with van der Waals surface area (Å²) in [5.41, 5.74) is 0.259. The van der Waals surface area contributed by atoms with Crippen LogP contribution in [0.15, 0.2) is 0 Å². The summed E-state index contributed by atoms with van der Waals surface area (Å²) in [7, 11) is 0. The Balaban J connectivity index is 2.12. The third-order valence-electron chi connectivity index (χ3n) is 4.02. The minimum atomic E-state index is 0.259. The summed E-state index contributed by atoms with van der Waals surface area (Å²) in [6, 6.07) is 0.741. The predicted octanol–water partition coefficient (Wildman–Crippen LogP) is 2.57. The average molecular weight is 269 g/mol. The van der Waals surface area contributed by atoms with E-state index >= 15 is 0 Å². The Labute approximate surface area is 120 Å². The molecule has 19 heavy (non-hydrogen) atoms. The van der Waals surface area contributed by atoms with Gasteiger partial charge in [0, 0.05) is 37.8 Å². The Morgan fingerprint density at radius 2 is 1.74 bits per heavy atom. The summed E-state index contributed by atoms with van der Waals surface area (Å²) in [6.45, 7) is 18.8. The van der Waals surface area contributed by atoms with E-state index in [9.17, 15) is 0 Å². The van der Waals surface area contributed by atoms with E-state index < -0.39 is 0 Å². The molecule has 0 bridgehead atoms. The van der Waals surface area contributed by atoms with Crippen LogP contribution in [-0.4, -0.2) is 60.6 Å². The van der Waals surface area contributed by atoms with Gasteiger partial charge in [-0.15, -0.1) is 0 Å². The summed E-state index contributed by atoms with van der Waals surface area (Å²) in [6.07, 6.45) is 3.89. The van der Waals surface area contributed by atoms with E-state index in [1.165, 1.54) is 52.0 Å². The van der Waals surface area contributed by atoms with E-state index in [1.54, 1.807) is 0 Å². The van der Waals surface area contributed by atoms with Crippen molar-refractivity contribution in [2.24, 2.45) is 0 Å². The Hall–Kier alpha value is -0.120. The Morgan fingerprint density at radius 1 is 1.11 bits per heavy atom. The van der Waals surface area contributed by atoms with E-state index in [0.29, 0.717) is 0 Å². The molecule has 1 N–H and O–H groups in total. The molecule has 3 nitrogen and oxygen atoms in total. The highest BCUT2D eigenvalue weighted by Gasteiger charge is 2.20. The van der Waals surface area contributed by atoms with Gasteiger partial charge in [-0.1, -0.05) is 6.92 Å².